The molecule has 7 heteroatoms. The van der Waals surface area contributed by atoms with Gasteiger partial charge in [0, 0.05) is 10.3 Å². The third-order valence-electron chi connectivity index (χ3n) is 8.40. The molecule has 0 aromatic heterocycles. The molecule has 0 N–H and O–H groups in total. The first-order valence-electron chi connectivity index (χ1n) is 12.6. The molecule has 0 amide bonds. The first-order chi connectivity index (χ1) is 13.5. The van der Waals surface area contributed by atoms with E-state index in [9.17, 15) is 0 Å². The topological polar surface area (TPSA) is 27.7 Å². The van der Waals surface area contributed by atoms with Crippen LogP contribution in [0.5, 0.6) is 0 Å². The zero-order chi connectivity index (χ0) is 25.3. The van der Waals surface area contributed by atoms with E-state index >= 15 is 0 Å². The van der Waals surface area contributed by atoms with Gasteiger partial charge in [-0.1, -0.05) is 40.4 Å². The molecule has 3 nitrogen and oxygen atoms in total. The quantitative estimate of drug-likeness (QED) is 0.236. The van der Waals surface area contributed by atoms with Crippen molar-refractivity contribution in [3.63, 3.8) is 0 Å². The van der Waals surface area contributed by atoms with Crippen molar-refractivity contribution in [1.29, 1.82) is 0 Å². The lowest BCUT2D eigenvalue weighted by molar-refractivity contribution is 0.00628. The van der Waals surface area contributed by atoms with E-state index < -0.39 is 33.7 Å². The van der Waals surface area contributed by atoms with Gasteiger partial charge < -0.3 is 13.3 Å². The van der Waals surface area contributed by atoms with Crippen LogP contribution < -0.4 is 0 Å². The lowest BCUT2D eigenvalue weighted by Gasteiger charge is -2.58. The van der Waals surface area contributed by atoms with E-state index in [1.165, 1.54) is 0 Å². The van der Waals surface area contributed by atoms with Gasteiger partial charge in [0.15, 0.2) is 16.6 Å². The molecule has 0 aliphatic carbocycles. The Kier molecular flexibility index (Phi) is 10.4. The summed E-state index contributed by atoms with van der Waals surface area (Å²) in [5.41, 5.74) is -0.257. The summed E-state index contributed by atoms with van der Waals surface area (Å²) in [6.45, 7) is 39.9. The second-order valence-electron chi connectivity index (χ2n) is 13.3. The van der Waals surface area contributed by atoms with Crippen LogP contribution in [0.3, 0.4) is 0 Å². The van der Waals surface area contributed by atoms with Gasteiger partial charge in [0.1, 0.15) is 0 Å². The molecule has 0 radical (unpaired) electrons. The van der Waals surface area contributed by atoms with Crippen LogP contribution in [0.15, 0.2) is 0 Å². The molecule has 0 aliphatic rings. The zero-order valence-corrected chi connectivity index (χ0v) is 28.6. The predicted octanol–water partition coefficient (Wildman–Crippen LogP) is 8.13. The molecule has 0 bridgehead atoms. The van der Waals surface area contributed by atoms with Crippen LogP contribution in [0, 0.1) is 0 Å². The SMILES string of the molecule is CCC(C)(O[Si](C)(C)C)[SiH](C)OC(C)(C)C(CC)(CC)[Si](C)(C)OC(C)(C)[Si](C)(C)C. The standard InChI is InChI=1S/C24H58O3Si4/c1-18-23(8,27-30(13,14)15)28(9)25-21(4,5)24(19-2,20-3)31(16,17)26-22(6,7)29(10,11)12/h28H,18-20H2,1-17H3. The molecule has 0 rings (SSSR count). The Morgan fingerprint density at radius 3 is 1.39 bits per heavy atom. The van der Waals surface area contributed by atoms with Crippen LogP contribution in [0.2, 0.25) is 64.0 Å². The minimum absolute atomic E-state index is 0.0337. The van der Waals surface area contributed by atoms with Gasteiger partial charge in [-0.2, -0.15) is 0 Å². The van der Waals surface area contributed by atoms with Gasteiger partial charge in [-0.05, 0) is 93.2 Å². The summed E-state index contributed by atoms with van der Waals surface area (Å²) in [4.78, 5) is 0. The molecule has 0 saturated heterocycles. The molecule has 0 aromatic rings. The van der Waals surface area contributed by atoms with Gasteiger partial charge >= 0.3 is 0 Å². The zero-order valence-electron chi connectivity index (χ0n) is 24.4. The highest BCUT2D eigenvalue weighted by atomic mass is 28.4. The summed E-state index contributed by atoms with van der Waals surface area (Å²) in [6, 6.07) is 0. The van der Waals surface area contributed by atoms with E-state index in [0.29, 0.717) is 0 Å². The van der Waals surface area contributed by atoms with Crippen molar-refractivity contribution >= 4 is 33.7 Å². The number of hydrogen-bond donors (Lipinski definition) is 0. The molecular weight excluding hydrogens is 449 g/mol. The van der Waals surface area contributed by atoms with E-state index in [1.54, 1.807) is 0 Å². The first kappa shape index (κ1) is 31.7. The van der Waals surface area contributed by atoms with Crippen molar-refractivity contribution in [1.82, 2.24) is 0 Å². The Hall–Kier alpha value is 0.748. The van der Waals surface area contributed by atoms with Gasteiger partial charge in [-0.3, -0.25) is 0 Å². The molecule has 2 atom stereocenters. The molecule has 188 valence electrons. The van der Waals surface area contributed by atoms with Crippen LogP contribution in [0.1, 0.15) is 74.7 Å². The van der Waals surface area contributed by atoms with Crippen LogP contribution in [0.25, 0.3) is 0 Å². The van der Waals surface area contributed by atoms with Crippen molar-refractivity contribution in [2.45, 2.75) is 155 Å². The Balaban J connectivity index is 6.21. The Morgan fingerprint density at radius 1 is 0.677 bits per heavy atom. The van der Waals surface area contributed by atoms with Crippen molar-refractivity contribution in [2.24, 2.45) is 0 Å². The molecule has 0 fully saturated rings. The highest BCUT2D eigenvalue weighted by molar-refractivity contribution is 6.81. The Bertz CT molecular complexity index is 572. The van der Waals surface area contributed by atoms with E-state index in [1.807, 2.05) is 0 Å². The number of rotatable bonds is 13. The van der Waals surface area contributed by atoms with Gasteiger partial charge in [0.2, 0.25) is 9.04 Å². The van der Waals surface area contributed by atoms with Gasteiger partial charge in [-0.25, -0.2) is 0 Å². The van der Waals surface area contributed by atoms with Crippen LogP contribution in [0.4, 0.5) is 0 Å². The normalized spacial score (nSPS) is 18.1. The highest BCUT2D eigenvalue weighted by Gasteiger charge is 2.59. The van der Waals surface area contributed by atoms with Crippen molar-refractivity contribution in [3.8, 4) is 0 Å². The summed E-state index contributed by atoms with van der Waals surface area (Å²) in [6.07, 6.45) is 3.17. The smallest absolute Gasteiger partial charge is 0.204 e. The van der Waals surface area contributed by atoms with Crippen LogP contribution >= 0.6 is 0 Å². The highest BCUT2D eigenvalue weighted by Crippen LogP contribution is 2.57. The Morgan fingerprint density at radius 2 is 1.10 bits per heavy atom. The second kappa shape index (κ2) is 10.2. The summed E-state index contributed by atoms with van der Waals surface area (Å²) in [7, 11) is -6.95. The van der Waals surface area contributed by atoms with Crippen molar-refractivity contribution in [2.75, 3.05) is 0 Å². The molecule has 0 spiro atoms. The fourth-order valence-corrected chi connectivity index (χ4v) is 17.4. The lowest BCUT2D eigenvalue weighted by Crippen LogP contribution is -2.65. The monoisotopic (exact) mass is 506 g/mol. The van der Waals surface area contributed by atoms with Crippen LogP contribution in [-0.2, 0) is 13.3 Å². The van der Waals surface area contributed by atoms with E-state index in [4.69, 9.17) is 13.3 Å². The average molecular weight is 507 g/mol. The largest absolute Gasteiger partial charge is 0.415 e. The molecule has 0 aromatic carbocycles. The average Bonchev–Trinajstić information content (AvgIpc) is 2.51. The minimum Gasteiger partial charge on any atom is -0.415 e. The van der Waals surface area contributed by atoms with E-state index in [-0.39, 0.29) is 21.1 Å². The fourth-order valence-electron chi connectivity index (χ4n) is 5.39. The van der Waals surface area contributed by atoms with Crippen molar-refractivity contribution < 1.29 is 13.3 Å². The Labute approximate surface area is 201 Å². The van der Waals surface area contributed by atoms with Gasteiger partial charge in [0.25, 0.3) is 0 Å². The lowest BCUT2D eigenvalue weighted by atomic mass is 9.85. The molecular formula is C24H58O3Si4. The molecule has 0 aliphatic heterocycles. The van der Waals surface area contributed by atoms with Crippen molar-refractivity contribution in [3.05, 3.63) is 0 Å². The number of hydrogen-bond acceptors (Lipinski definition) is 3. The first-order valence-corrected chi connectivity index (χ1v) is 24.6. The summed E-state index contributed by atoms with van der Waals surface area (Å²) in [5.74, 6) is 0. The second-order valence-corrected chi connectivity index (χ2v) is 30.4. The van der Waals surface area contributed by atoms with Gasteiger partial charge in [0.05, 0.1) is 18.9 Å². The minimum atomic E-state index is -2.15. The summed E-state index contributed by atoms with van der Waals surface area (Å²) >= 11 is 0. The summed E-state index contributed by atoms with van der Waals surface area (Å²) in [5, 5.41) is -0.165. The van der Waals surface area contributed by atoms with E-state index in [0.717, 1.165) is 19.3 Å². The van der Waals surface area contributed by atoms with Gasteiger partial charge in [-0.15, -0.1) is 0 Å². The molecule has 2 unspecified atom stereocenters. The maximum atomic E-state index is 7.21. The third-order valence-corrected chi connectivity index (χ3v) is 21.5. The third kappa shape index (κ3) is 7.12. The molecule has 0 saturated carbocycles. The van der Waals surface area contributed by atoms with E-state index in [2.05, 4.69) is 114 Å². The maximum Gasteiger partial charge on any atom is 0.204 e. The molecule has 0 heterocycles. The molecule has 31 heavy (non-hydrogen) atoms. The maximum absolute atomic E-state index is 7.21. The fraction of sp³-hybridized carbons (Fsp3) is 1.00. The summed E-state index contributed by atoms with van der Waals surface area (Å²) < 4.78 is 21.1. The predicted molar refractivity (Wildman–Crippen MR) is 151 cm³/mol. The van der Waals surface area contributed by atoms with Crippen LogP contribution in [-0.4, -0.2) is 49.8 Å².